The maximum atomic E-state index is 15.7. The van der Waals surface area contributed by atoms with Crippen molar-refractivity contribution in [2.24, 2.45) is 0 Å². The molecule has 1 aliphatic heterocycles. The van der Waals surface area contributed by atoms with Crippen molar-refractivity contribution in [1.29, 1.82) is 0 Å². The van der Waals surface area contributed by atoms with E-state index in [2.05, 4.69) is 4.98 Å². The standard InChI is InChI=1S/C21H17FN2O2/c22-20-21(10-3-6-18(21)25)15-4-1-2-5-17(15)24(20)19(26)14-7-8-16-13(12-14)9-11-23-16/h1-2,4-5,7-9,11-12,20,23H,3,6,10H2. The number of benzene rings is 2. The van der Waals surface area contributed by atoms with Crippen molar-refractivity contribution >= 4 is 28.3 Å². The molecule has 1 amide bonds. The molecule has 2 aromatic carbocycles. The van der Waals surface area contributed by atoms with E-state index < -0.39 is 17.6 Å². The van der Waals surface area contributed by atoms with Crippen molar-refractivity contribution in [2.45, 2.75) is 31.0 Å². The van der Waals surface area contributed by atoms with Crippen LogP contribution >= 0.6 is 0 Å². The molecule has 2 atom stereocenters. The highest BCUT2D eigenvalue weighted by Gasteiger charge is 2.59. The van der Waals surface area contributed by atoms with Gasteiger partial charge in [-0.3, -0.25) is 14.5 Å². The van der Waals surface area contributed by atoms with Crippen LogP contribution in [0.3, 0.4) is 0 Å². The molecule has 130 valence electrons. The lowest BCUT2D eigenvalue weighted by Gasteiger charge is -2.28. The molecule has 0 bridgehead atoms. The molecule has 0 saturated heterocycles. The SMILES string of the molecule is O=C(c1ccc2[nH]ccc2c1)N1c2ccccc2C2(CCCC2=O)C1F. The molecule has 1 spiro atoms. The van der Waals surface area contributed by atoms with E-state index in [9.17, 15) is 9.59 Å². The number of carbonyl (C=O) groups excluding carboxylic acids is 2. The number of nitrogens with zero attached hydrogens (tertiary/aromatic N) is 1. The fourth-order valence-electron chi connectivity index (χ4n) is 4.50. The van der Waals surface area contributed by atoms with Gasteiger partial charge in [0, 0.05) is 29.1 Å². The number of aromatic nitrogens is 1. The summed E-state index contributed by atoms with van der Waals surface area (Å²) in [4.78, 5) is 30.1. The Hall–Kier alpha value is -2.95. The van der Waals surface area contributed by atoms with E-state index in [1.165, 1.54) is 4.90 Å². The fourth-order valence-corrected chi connectivity index (χ4v) is 4.50. The zero-order valence-corrected chi connectivity index (χ0v) is 14.0. The van der Waals surface area contributed by atoms with E-state index in [-0.39, 0.29) is 5.78 Å². The van der Waals surface area contributed by atoms with E-state index in [0.29, 0.717) is 36.1 Å². The first-order valence-electron chi connectivity index (χ1n) is 8.80. The average Bonchev–Trinajstić information content (AvgIpc) is 3.33. The first kappa shape index (κ1) is 15.3. The van der Waals surface area contributed by atoms with Crippen molar-refractivity contribution < 1.29 is 14.0 Å². The summed E-state index contributed by atoms with van der Waals surface area (Å²) in [6, 6.07) is 14.2. The highest BCUT2D eigenvalue weighted by molar-refractivity contribution is 6.12. The van der Waals surface area contributed by atoms with Gasteiger partial charge in [0.05, 0.1) is 5.69 Å². The Kier molecular flexibility index (Phi) is 3.11. The van der Waals surface area contributed by atoms with E-state index in [4.69, 9.17) is 0 Å². The molecule has 4 nitrogen and oxygen atoms in total. The van der Waals surface area contributed by atoms with Gasteiger partial charge in [-0.25, -0.2) is 4.39 Å². The number of Topliss-reactive ketones (excluding diaryl/α,β-unsaturated/α-hetero) is 1. The number of para-hydroxylation sites is 1. The maximum absolute atomic E-state index is 15.7. The summed E-state index contributed by atoms with van der Waals surface area (Å²) in [5.41, 5.74) is 1.28. The van der Waals surface area contributed by atoms with Crippen LogP contribution in [0.2, 0.25) is 0 Å². The molecular formula is C21H17FN2O2. The number of rotatable bonds is 1. The zero-order valence-electron chi connectivity index (χ0n) is 14.0. The van der Waals surface area contributed by atoms with Crippen molar-refractivity contribution in [2.75, 3.05) is 4.90 Å². The van der Waals surface area contributed by atoms with E-state index in [1.54, 1.807) is 42.6 Å². The van der Waals surface area contributed by atoms with Gasteiger partial charge < -0.3 is 4.98 Å². The average molecular weight is 348 g/mol. The Morgan fingerprint density at radius 2 is 2.04 bits per heavy atom. The largest absolute Gasteiger partial charge is 0.361 e. The monoisotopic (exact) mass is 348 g/mol. The van der Waals surface area contributed by atoms with Crippen LogP contribution in [-0.4, -0.2) is 23.0 Å². The molecule has 2 heterocycles. The van der Waals surface area contributed by atoms with Crippen molar-refractivity contribution in [3.8, 4) is 0 Å². The lowest BCUT2D eigenvalue weighted by atomic mass is 9.79. The number of alkyl halides is 1. The number of H-pyrrole nitrogens is 1. The Morgan fingerprint density at radius 3 is 2.85 bits per heavy atom. The Bertz CT molecular complexity index is 1060. The third-order valence-electron chi connectivity index (χ3n) is 5.77. The molecule has 2 unspecified atom stereocenters. The molecule has 1 saturated carbocycles. The van der Waals surface area contributed by atoms with Crippen LogP contribution in [0.25, 0.3) is 10.9 Å². The smallest absolute Gasteiger partial charge is 0.260 e. The van der Waals surface area contributed by atoms with Crippen molar-refractivity contribution in [1.82, 2.24) is 4.98 Å². The molecule has 1 fully saturated rings. The second-order valence-electron chi connectivity index (χ2n) is 7.06. The third kappa shape index (κ3) is 1.83. The minimum atomic E-state index is -1.66. The highest BCUT2D eigenvalue weighted by Crippen LogP contribution is 2.53. The van der Waals surface area contributed by atoms with Gasteiger partial charge in [-0.2, -0.15) is 0 Å². The van der Waals surface area contributed by atoms with Crippen LogP contribution in [0.5, 0.6) is 0 Å². The molecule has 0 radical (unpaired) electrons. The zero-order chi connectivity index (χ0) is 17.9. The number of hydrogen-bond acceptors (Lipinski definition) is 2. The Morgan fingerprint density at radius 1 is 1.19 bits per heavy atom. The van der Waals surface area contributed by atoms with Crippen LogP contribution in [0.1, 0.15) is 35.2 Å². The van der Waals surface area contributed by atoms with Gasteiger partial charge >= 0.3 is 0 Å². The van der Waals surface area contributed by atoms with Gasteiger partial charge in [0.25, 0.3) is 5.91 Å². The molecule has 3 aromatic rings. The molecule has 26 heavy (non-hydrogen) atoms. The summed E-state index contributed by atoms with van der Waals surface area (Å²) in [6.07, 6.45) is 1.61. The number of anilines is 1. The topological polar surface area (TPSA) is 53.2 Å². The second-order valence-corrected chi connectivity index (χ2v) is 7.06. The van der Waals surface area contributed by atoms with Gasteiger partial charge in [0.2, 0.25) is 0 Å². The van der Waals surface area contributed by atoms with E-state index in [1.807, 2.05) is 12.1 Å². The lowest BCUT2D eigenvalue weighted by molar-refractivity contribution is -0.123. The second kappa shape index (κ2) is 5.27. The fraction of sp³-hybridized carbons (Fsp3) is 0.238. The van der Waals surface area contributed by atoms with E-state index in [0.717, 1.165) is 10.9 Å². The molecule has 1 aromatic heterocycles. The van der Waals surface area contributed by atoms with Gasteiger partial charge in [0.15, 0.2) is 6.30 Å². The number of nitrogens with one attached hydrogen (secondary N) is 1. The lowest BCUT2D eigenvalue weighted by Crippen LogP contribution is -2.47. The number of halogens is 1. The van der Waals surface area contributed by atoms with Crippen molar-refractivity contribution in [3.05, 3.63) is 65.9 Å². The van der Waals surface area contributed by atoms with Crippen LogP contribution < -0.4 is 4.90 Å². The Balaban J connectivity index is 1.64. The van der Waals surface area contributed by atoms with Crippen LogP contribution in [0, 0.1) is 0 Å². The summed E-state index contributed by atoms with van der Waals surface area (Å²) in [6.45, 7) is 0. The summed E-state index contributed by atoms with van der Waals surface area (Å²) in [5, 5.41) is 0.894. The number of carbonyl (C=O) groups is 2. The first-order valence-corrected chi connectivity index (χ1v) is 8.80. The minimum Gasteiger partial charge on any atom is -0.361 e. The molecule has 5 rings (SSSR count). The predicted octanol–water partition coefficient (Wildman–Crippen LogP) is 4.11. The summed E-state index contributed by atoms with van der Waals surface area (Å²) < 4.78 is 15.7. The number of hydrogen-bond donors (Lipinski definition) is 1. The summed E-state index contributed by atoms with van der Waals surface area (Å²) in [5.74, 6) is -0.515. The van der Waals surface area contributed by atoms with Gasteiger partial charge in [-0.1, -0.05) is 18.2 Å². The van der Waals surface area contributed by atoms with Crippen LogP contribution in [0.4, 0.5) is 10.1 Å². The molecule has 5 heteroatoms. The van der Waals surface area contributed by atoms with Crippen molar-refractivity contribution in [3.63, 3.8) is 0 Å². The third-order valence-corrected chi connectivity index (χ3v) is 5.77. The van der Waals surface area contributed by atoms with Crippen LogP contribution in [0.15, 0.2) is 54.7 Å². The maximum Gasteiger partial charge on any atom is 0.260 e. The van der Waals surface area contributed by atoms with Crippen LogP contribution in [-0.2, 0) is 10.2 Å². The van der Waals surface area contributed by atoms with Gasteiger partial charge in [0.1, 0.15) is 11.2 Å². The number of fused-ring (bicyclic) bond motifs is 3. The first-order chi connectivity index (χ1) is 12.6. The van der Waals surface area contributed by atoms with Gasteiger partial charge in [-0.05, 0) is 48.7 Å². The molecule has 1 aliphatic carbocycles. The highest BCUT2D eigenvalue weighted by atomic mass is 19.1. The number of amides is 1. The normalized spacial score (nSPS) is 24.6. The quantitative estimate of drug-likeness (QED) is 0.673. The minimum absolute atomic E-state index is 0.103. The number of aromatic amines is 1. The molecular weight excluding hydrogens is 331 g/mol. The Labute approximate surface area is 149 Å². The van der Waals surface area contributed by atoms with Gasteiger partial charge in [-0.15, -0.1) is 0 Å². The molecule has 2 aliphatic rings. The summed E-state index contributed by atoms with van der Waals surface area (Å²) in [7, 11) is 0. The van der Waals surface area contributed by atoms with E-state index >= 15 is 4.39 Å². The number of ketones is 1. The molecule has 1 N–H and O–H groups in total. The summed E-state index contributed by atoms with van der Waals surface area (Å²) >= 11 is 0. The predicted molar refractivity (Wildman–Crippen MR) is 97.0 cm³/mol.